The molecular weight excluding hydrogens is 259 g/mol. The molecule has 2 unspecified atom stereocenters. The Balaban J connectivity index is 3.05. The highest BCUT2D eigenvalue weighted by Gasteiger charge is 2.44. The average Bonchev–Trinajstić information content (AvgIpc) is 2.36. The number of rotatable bonds is 4. The molecule has 1 aliphatic heterocycles. The molecular formula is C12H16F3N3O. The van der Waals surface area contributed by atoms with E-state index in [2.05, 4.69) is 16.9 Å². The van der Waals surface area contributed by atoms with E-state index in [1.165, 1.54) is 32.2 Å². The molecule has 0 saturated carbocycles. The Labute approximate surface area is 109 Å². The number of hydrogen-bond acceptors (Lipinski definition) is 3. The van der Waals surface area contributed by atoms with Gasteiger partial charge in [0.25, 0.3) is 5.91 Å². The van der Waals surface area contributed by atoms with Gasteiger partial charge < -0.3 is 5.32 Å². The third-order valence-corrected chi connectivity index (χ3v) is 2.76. The van der Waals surface area contributed by atoms with Gasteiger partial charge in [-0.1, -0.05) is 12.2 Å². The van der Waals surface area contributed by atoms with Crippen LogP contribution in [0.2, 0.25) is 0 Å². The van der Waals surface area contributed by atoms with E-state index in [-0.39, 0.29) is 17.0 Å². The Hall–Kier alpha value is -1.63. The maximum absolute atomic E-state index is 13.0. The quantitative estimate of drug-likeness (QED) is 0.628. The smallest absolute Gasteiger partial charge is 0.354 e. The summed E-state index contributed by atoms with van der Waals surface area (Å²) in [5, 5.41) is 2.34. The van der Waals surface area contributed by atoms with Crippen molar-refractivity contribution in [3.63, 3.8) is 0 Å². The van der Waals surface area contributed by atoms with Gasteiger partial charge in [0.2, 0.25) is 0 Å². The topological polar surface area (TPSA) is 44.7 Å². The van der Waals surface area contributed by atoms with E-state index in [0.717, 1.165) is 0 Å². The molecule has 1 heterocycles. The highest BCUT2D eigenvalue weighted by molar-refractivity contribution is 6.43. The van der Waals surface area contributed by atoms with E-state index in [1.54, 1.807) is 0 Å². The van der Waals surface area contributed by atoms with Gasteiger partial charge in [-0.05, 0) is 13.0 Å². The Kier molecular flexibility index (Phi) is 4.88. The number of nitrogens with one attached hydrogen (secondary N) is 1. The molecule has 0 bridgehead atoms. The summed E-state index contributed by atoms with van der Waals surface area (Å²) in [7, 11) is 1.40. The zero-order valence-corrected chi connectivity index (χ0v) is 10.7. The zero-order valence-electron chi connectivity index (χ0n) is 10.7. The maximum Gasteiger partial charge on any atom is 0.462 e. The number of nitrogens with zero attached hydrogens (tertiary/aromatic N) is 2. The van der Waals surface area contributed by atoms with Crippen LogP contribution in [0.15, 0.2) is 29.8 Å². The van der Waals surface area contributed by atoms with Gasteiger partial charge in [-0.15, -0.1) is 6.58 Å². The van der Waals surface area contributed by atoms with Crippen molar-refractivity contribution in [2.45, 2.75) is 31.9 Å². The Bertz CT molecular complexity index is 415. The second-order valence-corrected chi connectivity index (χ2v) is 4.06. The SMILES string of the molecule is C=CC(C)N(C1CC=CC(C(=O)NC)=N1)C(F)(F)F. The molecule has 1 aliphatic rings. The van der Waals surface area contributed by atoms with Crippen molar-refractivity contribution in [1.82, 2.24) is 10.2 Å². The lowest BCUT2D eigenvalue weighted by atomic mass is 10.1. The Morgan fingerprint density at radius 3 is 2.79 bits per heavy atom. The second-order valence-electron chi connectivity index (χ2n) is 4.06. The minimum absolute atomic E-state index is 0.00994. The normalized spacial score (nSPS) is 20.9. The predicted molar refractivity (Wildman–Crippen MR) is 66.6 cm³/mol. The first kappa shape index (κ1) is 15.4. The van der Waals surface area contributed by atoms with E-state index in [0.29, 0.717) is 0 Å². The van der Waals surface area contributed by atoms with Gasteiger partial charge in [0.15, 0.2) is 0 Å². The molecule has 2 atom stereocenters. The van der Waals surface area contributed by atoms with Gasteiger partial charge in [0.1, 0.15) is 11.9 Å². The van der Waals surface area contributed by atoms with Crippen LogP contribution in [0.4, 0.5) is 13.2 Å². The van der Waals surface area contributed by atoms with Crippen molar-refractivity contribution >= 4 is 11.6 Å². The summed E-state index contributed by atoms with van der Waals surface area (Å²) in [5.41, 5.74) is -0.00994. The van der Waals surface area contributed by atoms with Crippen LogP contribution in [0.5, 0.6) is 0 Å². The molecule has 1 rings (SSSR count). The Morgan fingerprint density at radius 1 is 1.68 bits per heavy atom. The molecule has 0 fully saturated rings. The van der Waals surface area contributed by atoms with Gasteiger partial charge in [-0.25, -0.2) is 0 Å². The van der Waals surface area contributed by atoms with Crippen LogP contribution < -0.4 is 5.32 Å². The molecule has 106 valence electrons. The van der Waals surface area contributed by atoms with Gasteiger partial charge in [0, 0.05) is 19.5 Å². The van der Waals surface area contributed by atoms with Crippen molar-refractivity contribution in [1.29, 1.82) is 0 Å². The molecule has 7 heteroatoms. The molecule has 1 amide bonds. The second kappa shape index (κ2) is 6.01. The third-order valence-electron chi connectivity index (χ3n) is 2.76. The van der Waals surface area contributed by atoms with E-state index in [9.17, 15) is 18.0 Å². The van der Waals surface area contributed by atoms with E-state index in [1.807, 2.05) is 0 Å². The van der Waals surface area contributed by atoms with Gasteiger partial charge in [0.05, 0.1) is 0 Å². The summed E-state index contributed by atoms with van der Waals surface area (Å²) in [6.45, 7) is 4.76. The summed E-state index contributed by atoms with van der Waals surface area (Å²) in [6.07, 6.45) is -1.47. The lowest BCUT2D eigenvalue weighted by Gasteiger charge is -2.34. The lowest BCUT2D eigenvalue weighted by molar-refractivity contribution is -0.264. The molecule has 0 radical (unpaired) electrons. The fraction of sp³-hybridized carbons (Fsp3) is 0.500. The van der Waals surface area contributed by atoms with Crippen molar-refractivity contribution in [3.05, 3.63) is 24.8 Å². The van der Waals surface area contributed by atoms with Crippen LogP contribution in [-0.2, 0) is 4.79 Å². The molecule has 0 saturated heterocycles. The fourth-order valence-electron chi connectivity index (χ4n) is 1.78. The minimum atomic E-state index is -4.54. The first-order valence-electron chi connectivity index (χ1n) is 5.75. The van der Waals surface area contributed by atoms with Crippen LogP contribution >= 0.6 is 0 Å². The zero-order chi connectivity index (χ0) is 14.6. The number of halogens is 3. The van der Waals surface area contributed by atoms with Gasteiger partial charge in [-0.3, -0.25) is 9.79 Å². The highest BCUT2D eigenvalue weighted by Crippen LogP contribution is 2.30. The summed E-state index contributed by atoms with van der Waals surface area (Å²) >= 11 is 0. The van der Waals surface area contributed by atoms with Crippen LogP contribution in [-0.4, -0.2) is 42.1 Å². The Morgan fingerprint density at radius 2 is 2.32 bits per heavy atom. The number of aliphatic imine (C=N–C) groups is 1. The van der Waals surface area contributed by atoms with Crippen molar-refractivity contribution in [3.8, 4) is 0 Å². The molecule has 0 aromatic carbocycles. The largest absolute Gasteiger partial charge is 0.462 e. The van der Waals surface area contributed by atoms with Crippen molar-refractivity contribution in [2.75, 3.05) is 7.05 Å². The number of amides is 1. The minimum Gasteiger partial charge on any atom is -0.354 e. The predicted octanol–water partition coefficient (Wildman–Crippen LogP) is 1.86. The van der Waals surface area contributed by atoms with Gasteiger partial charge in [-0.2, -0.15) is 18.1 Å². The molecule has 0 aromatic heterocycles. The monoisotopic (exact) mass is 275 g/mol. The van der Waals surface area contributed by atoms with Crippen LogP contribution in [0.1, 0.15) is 13.3 Å². The maximum atomic E-state index is 13.0. The van der Waals surface area contributed by atoms with Crippen LogP contribution in [0, 0.1) is 0 Å². The molecule has 4 nitrogen and oxygen atoms in total. The number of carbonyl (C=O) groups is 1. The highest BCUT2D eigenvalue weighted by atomic mass is 19.4. The third kappa shape index (κ3) is 3.66. The number of dihydropyridines is 1. The fourth-order valence-corrected chi connectivity index (χ4v) is 1.78. The van der Waals surface area contributed by atoms with Crippen LogP contribution in [0.3, 0.4) is 0 Å². The lowest BCUT2D eigenvalue weighted by Crippen LogP contribution is -2.50. The van der Waals surface area contributed by atoms with Crippen molar-refractivity contribution in [2.24, 2.45) is 4.99 Å². The summed E-state index contributed by atoms with van der Waals surface area (Å²) in [6, 6.07) is -0.925. The summed E-state index contributed by atoms with van der Waals surface area (Å²) in [5.74, 6) is -0.505. The van der Waals surface area contributed by atoms with E-state index < -0.39 is 24.4 Å². The number of hydrogen-bond donors (Lipinski definition) is 1. The molecule has 19 heavy (non-hydrogen) atoms. The van der Waals surface area contributed by atoms with Crippen LogP contribution in [0.25, 0.3) is 0 Å². The molecule has 0 spiro atoms. The molecule has 1 N–H and O–H groups in total. The van der Waals surface area contributed by atoms with E-state index in [4.69, 9.17) is 0 Å². The van der Waals surface area contributed by atoms with Crippen molar-refractivity contribution < 1.29 is 18.0 Å². The summed E-state index contributed by atoms with van der Waals surface area (Å²) < 4.78 is 39.1. The first-order chi connectivity index (χ1) is 8.81. The number of alkyl halides is 3. The van der Waals surface area contributed by atoms with E-state index >= 15 is 0 Å². The molecule has 0 aliphatic carbocycles. The standard InChI is InChI=1S/C12H16F3N3O/c1-4-8(2)18(12(13,14)15)10-7-5-6-9(17-10)11(19)16-3/h4-6,8,10H,1,7H2,2-3H3,(H,16,19). The van der Waals surface area contributed by atoms with Gasteiger partial charge >= 0.3 is 6.30 Å². The number of carbonyl (C=O) groups excluding carboxylic acids is 1. The first-order valence-corrected chi connectivity index (χ1v) is 5.75. The molecule has 0 aromatic rings. The average molecular weight is 275 g/mol. The summed E-state index contributed by atoms with van der Waals surface area (Å²) in [4.78, 5) is 15.6.